The predicted molar refractivity (Wildman–Crippen MR) is 101 cm³/mol. The van der Waals surface area contributed by atoms with Crippen LogP contribution in [0.2, 0.25) is 0 Å². The molecule has 2 aromatic rings. The Bertz CT molecular complexity index is 825. The fourth-order valence-electron chi connectivity index (χ4n) is 2.16. The van der Waals surface area contributed by atoms with Crippen molar-refractivity contribution >= 4 is 23.9 Å². The maximum Gasteiger partial charge on any atom is 0.412 e. The highest BCUT2D eigenvalue weighted by molar-refractivity contribution is 6.41. The Morgan fingerprint density at radius 2 is 1.63 bits per heavy atom. The number of carbonyl (C=O) groups excluding carboxylic acids is 3. The Morgan fingerprint density at radius 3 is 2.26 bits per heavy atom. The number of hydrogen-bond donors (Lipinski definition) is 1. The molecule has 0 aliphatic heterocycles. The minimum atomic E-state index is -1.04. The van der Waals surface area contributed by atoms with Crippen LogP contribution >= 0.6 is 0 Å². The van der Waals surface area contributed by atoms with Gasteiger partial charge in [-0.25, -0.2) is 9.59 Å². The van der Waals surface area contributed by atoms with Gasteiger partial charge in [0.25, 0.3) is 5.78 Å². The van der Waals surface area contributed by atoms with Gasteiger partial charge in [-0.05, 0) is 31.1 Å². The fourth-order valence-corrected chi connectivity index (χ4v) is 2.16. The molecule has 1 amide bonds. The van der Waals surface area contributed by atoms with E-state index in [1.54, 1.807) is 31.2 Å². The second-order valence-corrected chi connectivity index (χ2v) is 5.71. The molecule has 0 unspecified atom stereocenters. The SMILES string of the molecule is CCOC(=O)C(=O)/C(=C/c1ccccc1)NC(=O)OCc1ccc(C)cc1. The normalized spacial score (nSPS) is 10.8. The van der Waals surface area contributed by atoms with Crippen LogP contribution in [0.3, 0.4) is 0 Å². The van der Waals surface area contributed by atoms with Gasteiger partial charge in [0.2, 0.25) is 0 Å². The summed E-state index contributed by atoms with van der Waals surface area (Å²) in [7, 11) is 0. The summed E-state index contributed by atoms with van der Waals surface area (Å²) in [5.41, 5.74) is 2.33. The van der Waals surface area contributed by atoms with Crippen LogP contribution in [0.25, 0.3) is 6.08 Å². The Morgan fingerprint density at radius 1 is 0.963 bits per heavy atom. The lowest BCUT2D eigenvalue weighted by Crippen LogP contribution is -2.32. The van der Waals surface area contributed by atoms with E-state index >= 15 is 0 Å². The molecule has 6 nitrogen and oxygen atoms in total. The van der Waals surface area contributed by atoms with E-state index in [1.807, 2.05) is 37.3 Å². The topological polar surface area (TPSA) is 81.7 Å². The summed E-state index contributed by atoms with van der Waals surface area (Å²) in [5.74, 6) is -1.99. The van der Waals surface area contributed by atoms with E-state index in [1.165, 1.54) is 6.08 Å². The lowest BCUT2D eigenvalue weighted by molar-refractivity contribution is -0.151. The third-order valence-electron chi connectivity index (χ3n) is 3.54. The number of benzene rings is 2. The van der Waals surface area contributed by atoms with Crippen LogP contribution in [-0.4, -0.2) is 24.5 Å². The molecule has 0 saturated heterocycles. The molecule has 0 atom stereocenters. The van der Waals surface area contributed by atoms with Crippen LogP contribution in [0.15, 0.2) is 60.3 Å². The van der Waals surface area contributed by atoms with E-state index in [2.05, 4.69) is 5.32 Å². The molecule has 0 aromatic heterocycles. The highest BCUT2D eigenvalue weighted by Gasteiger charge is 2.22. The zero-order chi connectivity index (χ0) is 19.6. The fraction of sp³-hybridized carbons (Fsp3) is 0.190. The van der Waals surface area contributed by atoms with Gasteiger partial charge >= 0.3 is 12.1 Å². The van der Waals surface area contributed by atoms with E-state index in [0.717, 1.165) is 11.1 Å². The van der Waals surface area contributed by atoms with Crippen LogP contribution in [-0.2, 0) is 25.7 Å². The first-order valence-corrected chi connectivity index (χ1v) is 8.47. The largest absolute Gasteiger partial charge is 0.460 e. The number of ether oxygens (including phenoxy) is 2. The average molecular weight is 367 g/mol. The van der Waals surface area contributed by atoms with Crippen molar-refractivity contribution in [2.45, 2.75) is 20.5 Å². The van der Waals surface area contributed by atoms with Crippen molar-refractivity contribution < 1.29 is 23.9 Å². The molecule has 27 heavy (non-hydrogen) atoms. The van der Waals surface area contributed by atoms with Crippen molar-refractivity contribution in [3.8, 4) is 0 Å². The van der Waals surface area contributed by atoms with Gasteiger partial charge in [-0.1, -0.05) is 60.2 Å². The molecule has 140 valence electrons. The lowest BCUT2D eigenvalue weighted by atomic mass is 10.1. The second kappa shape index (κ2) is 9.91. The average Bonchev–Trinajstić information content (AvgIpc) is 2.67. The highest BCUT2D eigenvalue weighted by Crippen LogP contribution is 2.08. The Kier molecular flexibility index (Phi) is 7.31. The number of amides is 1. The summed E-state index contributed by atoms with van der Waals surface area (Å²) in [6.45, 7) is 3.65. The molecule has 0 aliphatic carbocycles. The van der Waals surface area contributed by atoms with Crippen LogP contribution in [0.4, 0.5) is 4.79 Å². The highest BCUT2D eigenvalue weighted by atomic mass is 16.5. The predicted octanol–water partition coefficient (Wildman–Crippen LogP) is 3.39. The molecule has 6 heteroatoms. The van der Waals surface area contributed by atoms with Gasteiger partial charge in [0.1, 0.15) is 6.61 Å². The zero-order valence-corrected chi connectivity index (χ0v) is 15.2. The summed E-state index contributed by atoms with van der Waals surface area (Å²) < 4.78 is 9.85. The van der Waals surface area contributed by atoms with E-state index in [-0.39, 0.29) is 18.9 Å². The molecular formula is C21H21NO5. The maximum atomic E-state index is 12.3. The van der Waals surface area contributed by atoms with Crippen molar-refractivity contribution in [2.75, 3.05) is 6.61 Å². The summed E-state index contributed by atoms with van der Waals surface area (Å²) in [6.07, 6.45) is 0.558. The first-order valence-electron chi connectivity index (χ1n) is 8.47. The number of Topliss-reactive ketones (excluding diaryl/α,β-unsaturated/α-hetero) is 1. The first-order chi connectivity index (χ1) is 13.0. The molecule has 0 bridgehead atoms. The third-order valence-corrected chi connectivity index (χ3v) is 3.54. The Labute approximate surface area is 157 Å². The van der Waals surface area contributed by atoms with Crippen LogP contribution in [0.1, 0.15) is 23.6 Å². The van der Waals surface area contributed by atoms with Gasteiger partial charge in [-0.2, -0.15) is 0 Å². The molecule has 0 saturated carbocycles. The van der Waals surface area contributed by atoms with Crippen LogP contribution in [0, 0.1) is 6.92 Å². The molecule has 0 aliphatic rings. The van der Waals surface area contributed by atoms with Gasteiger partial charge in [-0.3, -0.25) is 10.1 Å². The smallest absolute Gasteiger partial charge is 0.412 e. The van der Waals surface area contributed by atoms with Crippen molar-refractivity contribution in [3.05, 3.63) is 77.0 Å². The standard InChI is InChI=1S/C21H21NO5/c1-3-26-20(24)19(23)18(13-16-7-5-4-6-8-16)22-21(25)27-14-17-11-9-15(2)10-12-17/h4-13H,3,14H2,1-2H3,(H,22,25)/b18-13-. The zero-order valence-electron chi connectivity index (χ0n) is 15.2. The number of hydrogen-bond acceptors (Lipinski definition) is 5. The van der Waals surface area contributed by atoms with Gasteiger partial charge in [-0.15, -0.1) is 0 Å². The van der Waals surface area contributed by atoms with Crippen molar-refractivity contribution in [1.82, 2.24) is 5.32 Å². The van der Waals surface area contributed by atoms with Crippen LogP contribution in [0.5, 0.6) is 0 Å². The Balaban J connectivity index is 2.09. The molecular weight excluding hydrogens is 346 g/mol. The summed E-state index contributed by atoms with van der Waals surface area (Å²) in [4.78, 5) is 36.1. The third kappa shape index (κ3) is 6.43. The van der Waals surface area contributed by atoms with E-state index in [0.29, 0.717) is 5.56 Å². The molecule has 2 aromatic carbocycles. The number of aryl methyl sites for hydroxylation is 1. The summed E-state index contributed by atoms with van der Waals surface area (Å²) in [6, 6.07) is 16.3. The Hall–Kier alpha value is -3.41. The maximum absolute atomic E-state index is 12.3. The minimum Gasteiger partial charge on any atom is -0.460 e. The summed E-state index contributed by atoms with van der Waals surface area (Å²) >= 11 is 0. The second-order valence-electron chi connectivity index (χ2n) is 5.71. The summed E-state index contributed by atoms with van der Waals surface area (Å²) in [5, 5.41) is 2.34. The molecule has 2 rings (SSSR count). The van der Waals surface area contributed by atoms with Crippen LogP contribution < -0.4 is 5.32 Å². The van der Waals surface area contributed by atoms with Gasteiger partial charge in [0, 0.05) is 0 Å². The lowest BCUT2D eigenvalue weighted by Gasteiger charge is -2.10. The number of rotatable bonds is 7. The van der Waals surface area contributed by atoms with E-state index in [9.17, 15) is 14.4 Å². The van der Waals surface area contributed by atoms with E-state index in [4.69, 9.17) is 9.47 Å². The van der Waals surface area contributed by atoms with Crippen molar-refractivity contribution in [2.24, 2.45) is 0 Å². The van der Waals surface area contributed by atoms with Crippen molar-refractivity contribution in [3.63, 3.8) is 0 Å². The van der Waals surface area contributed by atoms with Crippen molar-refractivity contribution in [1.29, 1.82) is 0 Å². The minimum absolute atomic E-state index is 0.0400. The molecule has 0 fully saturated rings. The number of ketones is 1. The number of alkyl carbamates (subject to hydrolysis) is 1. The first kappa shape index (κ1) is 19.9. The number of carbonyl (C=O) groups is 3. The molecule has 0 radical (unpaired) electrons. The number of esters is 1. The van der Waals surface area contributed by atoms with Gasteiger partial charge < -0.3 is 9.47 Å². The molecule has 0 heterocycles. The van der Waals surface area contributed by atoms with Gasteiger partial charge in [0.15, 0.2) is 0 Å². The molecule has 0 spiro atoms. The van der Waals surface area contributed by atoms with E-state index < -0.39 is 17.8 Å². The monoisotopic (exact) mass is 367 g/mol. The number of nitrogens with one attached hydrogen (secondary N) is 1. The van der Waals surface area contributed by atoms with Gasteiger partial charge in [0.05, 0.1) is 12.3 Å². The molecule has 1 N–H and O–H groups in total. The quantitative estimate of drug-likeness (QED) is 0.461.